The summed E-state index contributed by atoms with van der Waals surface area (Å²) in [5.41, 5.74) is 0.727. The Balaban J connectivity index is 1.81. The second-order valence-electron chi connectivity index (χ2n) is 6.58. The molecule has 0 N–H and O–H groups in total. The predicted molar refractivity (Wildman–Crippen MR) is 113 cm³/mol. The molecule has 1 aromatic heterocycles. The number of thiazole rings is 1. The third kappa shape index (κ3) is 3.37. The first-order valence-electron chi connectivity index (χ1n) is 9.26. The number of methoxy groups -OCH3 is 2. The zero-order chi connectivity index (χ0) is 21.3. The van der Waals surface area contributed by atoms with Crippen molar-refractivity contribution in [2.45, 2.75) is 25.7 Å². The average Bonchev–Trinajstić information content (AvgIpc) is 3.10. The zero-order valence-corrected chi connectivity index (χ0v) is 17.6. The topological polar surface area (TPSA) is 71.3 Å². The normalized spacial score (nSPS) is 18.1. The minimum absolute atomic E-state index is 0.218. The molecule has 154 valence electrons. The standard InChI is InChI=1S/C22H20N2O5S/c1-5-12-24-18-16(26-3)10-11-17(27-4)20(18)30-22(24)23-21(25)19-13(2)28-14-8-6-7-9-15(14)29-19/h1,6-11,13,19H,12H2,2-4H3. The van der Waals surface area contributed by atoms with Gasteiger partial charge in [-0.2, -0.15) is 4.99 Å². The van der Waals surface area contributed by atoms with E-state index in [4.69, 9.17) is 25.4 Å². The van der Waals surface area contributed by atoms with Crippen LogP contribution in [0.4, 0.5) is 0 Å². The number of carbonyl (C=O) groups is 1. The molecule has 2 heterocycles. The number of aromatic nitrogens is 1. The van der Waals surface area contributed by atoms with Crippen LogP contribution in [-0.2, 0) is 11.3 Å². The number of amides is 1. The highest BCUT2D eigenvalue weighted by Crippen LogP contribution is 2.36. The third-order valence-electron chi connectivity index (χ3n) is 4.73. The lowest BCUT2D eigenvalue weighted by Crippen LogP contribution is -2.43. The molecule has 0 saturated heterocycles. The summed E-state index contributed by atoms with van der Waals surface area (Å²) in [6.45, 7) is 2.00. The van der Waals surface area contributed by atoms with Crippen molar-refractivity contribution in [3.05, 3.63) is 41.2 Å². The molecule has 30 heavy (non-hydrogen) atoms. The van der Waals surface area contributed by atoms with E-state index >= 15 is 0 Å². The molecule has 2 unspecified atom stereocenters. The fraction of sp³-hybridized carbons (Fsp3) is 0.273. The Kier molecular flexibility index (Phi) is 5.38. The quantitative estimate of drug-likeness (QED) is 0.602. The maximum absolute atomic E-state index is 13.0. The van der Waals surface area contributed by atoms with Crippen molar-refractivity contribution in [3.8, 4) is 35.3 Å². The second-order valence-corrected chi connectivity index (χ2v) is 7.56. The SMILES string of the molecule is C#CCn1c(=NC(=O)C2Oc3ccccc3OC2C)sc2c(OC)ccc(OC)c21. The van der Waals surface area contributed by atoms with E-state index in [0.29, 0.717) is 27.8 Å². The van der Waals surface area contributed by atoms with Crippen molar-refractivity contribution in [2.24, 2.45) is 4.99 Å². The fourth-order valence-electron chi connectivity index (χ4n) is 3.33. The molecular formula is C22H20N2O5S. The Labute approximate surface area is 177 Å². The first-order chi connectivity index (χ1) is 14.6. The Bertz CT molecular complexity index is 1220. The lowest BCUT2D eigenvalue weighted by Gasteiger charge is -2.29. The van der Waals surface area contributed by atoms with Crippen molar-refractivity contribution in [1.29, 1.82) is 0 Å². The molecule has 0 bridgehead atoms. The van der Waals surface area contributed by atoms with Crippen LogP contribution in [0.3, 0.4) is 0 Å². The van der Waals surface area contributed by atoms with Crippen LogP contribution in [0.15, 0.2) is 41.4 Å². The van der Waals surface area contributed by atoms with Crippen molar-refractivity contribution in [1.82, 2.24) is 4.57 Å². The molecule has 3 aromatic rings. The van der Waals surface area contributed by atoms with E-state index in [1.165, 1.54) is 11.3 Å². The maximum atomic E-state index is 13.0. The Hall–Kier alpha value is -3.44. The minimum Gasteiger partial charge on any atom is -0.495 e. The van der Waals surface area contributed by atoms with Gasteiger partial charge in [-0.25, -0.2) is 0 Å². The number of benzene rings is 2. The lowest BCUT2D eigenvalue weighted by molar-refractivity contribution is -0.130. The Morgan fingerprint density at radius 2 is 1.83 bits per heavy atom. The van der Waals surface area contributed by atoms with Gasteiger partial charge in [0, 0.05) is 0 Å². The van der Waals surface area contributed by atoms with Crippen LogP contribution in [0.5, 0.6) is 23.0 Å². The van der Waals surface area contributed by atoms with E-state index in [1.807, 2.05) is 12.1 Å². The summed E-state index contributed by atoms with van der Waals surface area (Å²) in [5.74, 6) is 4.54. The smallest absolute Gasteiger partial charge is 0.293 e. The first-order valence-corrected chi connectivity index (χ1v) is 10.1. The van der Waals surface area contributed by atoms with Gasteiger partial charge in [0.1, 0.15) is 27.8 Å². The third-order valence-corrected chi connectivity index (χ3v) is 5.83. The van der Waals surface area contributed by atoms with Gasteiger partial charge in [-0.15, -0.1) is 6.42 Å². The number of nitrogens with zero attached hydrogens (tertiary/aromatic N) is 2. The largest absolute Gasteiger partial charge is 0.495 e. The highest BCUT2D eigenvalue weighted by atomic mass is 32.1. The zero-order valence-electron chi connectivity index (χ0n) is 16.7. The molecule has 7 nitrogen and oxygen atoms in total. The Morgan fingerprint density at radius 1 is 1.17 bits per heavy atom. The maximum Gasteiger partial charge on any atom is 0.293 e. The molecule has 1 aliphatic rings. The molecule has 0 saturated carbocycles. The highest BCUT2D eigenvalue weighted by Gasteiger charge is 2.34. The van der Waals surface area contributed by atoms with Gasteiger partial charge in [0.25, 0.3) is 5.91 Å². The fourth-order valence-corrected chi connectivity index (χ4v) is 4.47. The molecule has 8 heteroatoms. The Morgan fingerprint density at radius 3 is 2.50 bits per heavy atom. The van der Waals surface area contributed by atoms with Gasteiger partial charge in [0.2, 0.25) is 6.10 Å². The van der Waals surface area contributed by atoms with E-state index in [-0.39, 0.29) is 6.54 Å². The summed E-state index contributed by atoms with van der Waals surface area (Å²) in [7, 11) is 3.16. The van der Waals surface area contributed by atoms with Crippen LogP contribution < -0.4 is 23.7 Å². The van der Waals surface area contributed by atoms with Gasteiger partial charge in [-0.05, 0) is 31.2 Å². The van der Waals surface area contributed by atoms with Crippen molar-refractivity contribution in [3.63, 3.8) is 0 Å². The van der Waals surface area contributed by atoms with Crippen LogP contribution in [0.1, 0.15) is 6.92 Å². The minimum atomic E-state index is -0.867. The number of terminal acetylenes is 1. The van der Waals surface area contributed by atoms with Gasteiger partial charge in [0.15, 0.2) is 16.3 Å². The summed E-state index contributed by atoms with van der Waals surface area (Å²) in [6, 6.07) is 10.8. The average molecular weight is 424 g/mol. The summed E-state index contributed by atoms with van der Waals surface area (Å²) in [4.78, 5) is 17.8. The second kappa shape index (κ2) is 8.13. The van der Waals surface area contributed by atoms with Crippen molar-refractivity contribution in [2.75, 3.05) is 14.2 Å². The first kappa shape index (κ1) is 19.9. The summed E-state index contributed by atoms with van der Waals surface area (Å²) in [6.07, 6.45) is 4.22. The summed E-state index contributed by atoms with van der Waals surface area (Å²) >= 11 is 1.30. The number of ether oxygens (including phenoxy) is 4. The van der Waals surface area contributed by atoms with Crippen LogP contribution in [0.25, 0.3) is 10.2 Å². The van der Waals surface area contributed by atoms with Crippen LogP contribution >= 0.6 is 11.3 Å². The van der Waals surface area contributed by atoms with Crippen LogP contribution in [-0.4, -0.2) is 36.9 Å². The summed E-state index contributed by atoms with van der Waals surface area (Å²) < 4.78 is 25.2. The van der Waals surface area contributed by atoms with E-state index in [2.05, 4.69) is 10.9 Å². The van der Waals surface area contributed by atoms with E-state index in [1.54, 1.807) is 50.0 Å². The molecule has 1 amide bonds. The molecular weight excluding hydrogens is 404 g/mol. The van der Waals surface area contributed by atoms with E-state index in [9.17, 15) is 4.79 Å². The molecule has 0 aliphatic carbocycles. The number of fused-ring (bicyclic) bond motifs is 2. The van der Waals surface area contributed by atoms with E-state index < -0.39 is 18.1 Å². The summed E-state index contributed by atoms with van der Waals surface area (Å²) in [5, 5.41) is 0. The number of para-hydroxylation sites is 2. The molecule has 4 rings (SSSR count). The monoisotopic (exact) mass is 424 g/mol. The van der Waals surface area contributed by atoms with Crippen LogP contribution in [0.2, 0.25) is 0 Å². The molecule has 2 atom stereocenters. The van der Waals surface area contributed by atoms with Gasteiger partial charge in [-0.3, -0.25) is 4.79 Å². The molecule has 0 fully saturated rings. The number of hydrogen-bond acceptors (Lipinski definition) is 6. The van der Waals surface area contributed by atoms with Crippen molar-refractivity contribution < 1.29 is 23.7 Å². The van der Waals surface area contributed by atoms with Gasteiger partial charge < -0.3 is 23.5 Å². The van der Waals surface area contributed by atoms with Gasteiger partial charge in [-0.1, -0.05) is 29.4 Å². The molecule has 1 aliphatic heterocycles. The number of hydrogen-bond donors (Lipinski definition) is 0. The van der Waals surface area contributed by atoms with Gasteiger partial charge in [0.05, 0.1) is 20.8 Å². The van der Waals surface area contributed by atoms with Gasteiger partial charge >= 0.3 is 0 Å². The van der Waals surface area contributed by atoms with Crippen molar-refractivity contribution >= 4 is 27.5 Å². The number of rotatable bonds is 4. The van der Waals surface area contributed by atoms with E-state index in [0.717, 1.165) is 10.2 Å². The highest BCUT2D eigenvalue weighted by molar-refractivity contribution is 7.16. The predicted octanol–water partition coefficient (Wildman–Crippen LogP) is 3.01. The van der Waals surface area contributed by atoms with Crippen LogP contribution in [0, 0.1) is 12.3 Å². The molecule has 2 aromatic carbocycles. The molecule has 0 spiro atoms. The molecule has 0 radical (unpaired) electrons. The lowest BCUT2D eigenvalue weighted by atomic mass is 10.1. The number of carbonyl (C=O) groups excluding carboxylic acids is 1.